The van der Waals surface area contributed by atoms with Crippen molar-refractivity contribution in [2.24, 2.45) is 0 Å². The molecule has 3 aromatic carbocycles. The molecule has 3 amide bonds. The molecule has 3 aliphatic rings. The van der Waals surface area contributed by atoms with E-state index in [1.165, 1.54) is 0 Å². The molecule has 0 spiro atoms. The number of halogens is 1. The van der Waals surface area contributed by atoms with Gasteiger partial charge in [0.1, 0.15) is 30.5 Å². The first kappa shape index (κ1) is 41.4. The standard InChI is InChI=1S/C44H52ClN6O6P/c1-56-39-26-33(12-11-29(39)25-41-47-27-36(45)37(48-41)24-30-9-5-6-10-40(30)58(2,3)55)50-20-17-32(18-21-50)46-19-7-4-8-22-57-34-13-14-35-31(23-34)28-51(44(35)54)38-15-16-42(52)49-43(38)53/h5-6,9-14,23,26-27,32,38,46H,4,7-8,15-22,24-25,28H2,1-3H3,(H,49,52,53). The van der Waals surface area contributed by atoms with Crippen molar-refractivity contribution in [1.29, 1.82) is 0 Å². The first-order chi connectivity index (χ1) is 28.0. The predicted octanol–water partition coefficient (Wildman–Crippen LogP) is 6.14. The van der Waals surface area contributed by atoms with E-state index in [1.54, 1.807) is 37.6 Å². The number of nitrogens with zero attached hydrogens (tertiary/aromatic N) is 4. The monoisotopic (exact) mass is 826 g/mol. The summed E-state index contributed by atoms with van der Waals surface area (Å²) >= 11 is 6.55. The maximum absolute atomic E-state index is 13.0. The van der Waals surface area contributed by atoms with Crippen molar-refractivity contribution >= 4 is 47.5 Å². The van der Waals surface area contributed by atoms with Gasteiger partial charge in [-0.05, 0) is 93.8 Å². The third-order valence-electron chi connectivity index (χ3n) is 11.3. The maximum atomic E-state index is 13.0. The Morgan fingerprint density at radius 2 is 1.76 bits per heavy atom. The maximum Gasteiger partial charge on any atom is 0.255 e. The Bertz CT molecular complexity index is 2200. The Balaban J connectivity index is 0.821. The summed E-state index contributed by atoms with van der Waals surface area (Å²) in [5.41, 5.74) is 5.24. The molecule has 0 aliphatic carbocycles. The van der Waals surface area contributed by atoms with Crippen LogP contribution in [-0.2, 0) is 33.5 Å². The Kier molecular flexibility index (Phi) is 13.2. The van der Waals surface area contributed by atoms with Crippen molar-refractivity contribution in [2.75, 3.05) is 51.6 Å². The molecule has 7 rings (SSSR count). The van der Waals surface area contributed by atoms with Gasteiger partial charge in [0.05, 0.1) is 24.4 Å². The van der Waals surface area contributed by atoms with Crippen LogP contribution >= 0.6 is 18.7 Å². The van der Waals surface area contributed by atoms with Crippen molar-refractivity contribution in [3.05, 3.63) is 106 Å². The Morgan fingerprint density at radius 3 is 2.53 bits per heavy atom. The second kappa shape index (κ2) is 18.4. The number of anilines is 1. The van der Waals surface area contributed by atoms with Crippen LogP contribution in [0.5, 0.6) is 11.5 Å². The summed E-state index contributed by atoms with van der Waals surface area (Å²) in [5.74, 6) is 1.30. The molecular weight excluding hydrogens is 775 g/mol. The lowest BCUT2D eigenvalue weighted by Crippen LogP contribution is -2.52. The van der Waals surface area contributed by atoms with Gasteiger partial charge in [0.2, 0.25) is 11.8 Å². The van der Waals surface area contributed by atoms with Crippen LogP contribution in [0.3, 0.4) is 0 Å². The van der Waals surface area contributed by atoms with E-state index in [4.69, 9.17) is 26.1 Å². The molecule has 0 bridgehead atoms. The van der Waals surface area contributed by atoms with Crippen LogP contribution in [0, 0.1) is 0 Å². The largest absolute Gasteiger partial charge is 0.496 e. The number of amides is 3. The minimum atomic E-state index is -2.47. The van der Waals surface area contributed by atoms with E-state index in [0.717, 1.165) is 90.9 Å². The number of rotatable bonds is 16. The summed E-state index contributed by atoms with van der Waals surface area (Å²) in [7, 11) is -0.772. The lowest BCUT2D eigenvalue weighted by Gasteiger charge is -2.34. The van der Waals surface area contributed by atoms with Crippen molar-refractivity contribution in [3.63, 3.8) is 0 Å². The van der Waals surface area contributed by atoms with E-state index in [0.29, 0.717) is 60.6 Å². The number of fused-ring (bicyclic) bond motifs is 1. The number of piperidine rings is 2. The third-order valence-corrected chi connectivity index (χ3v) is 13.2. The van der Waals surface area contributed by atoms with Gasteiger partial charge in [-0.1, -0.05) is 41.9 Å². The van der Waals surface area contributed by atoms with Gasteiger partial charge in [0.25, 0.3) is 5.91 Å². The van der Waals surface area contributed by atoms with Crippen LogP contribution in [0.25, 0.3) is 0 Å². The Labute approximate surface area is 345 Å². The average molecular weight is 827 g/mol. The highest BCUT2D eigenvalue weighted by Crippen LogP contribution is 2.37. The van der Waals surface area contributed by atoms with Gasteiger partial charge in [-0.25, -0.2) is 9.97 Å². The Hall–Kier alpha value is -4.77. The molecule has 2 saturated heterocycles. The van der Waals surface area contributed by atoms with E-state index in [-0.39, 0.29) is 18.2 Å². The number of ether oxygens (including phenoxy) is 2. The summed E-state index contributed by atoms with van der Waals surface area (Å²) in [4.78, 5) is 50.2. The fourth-order valence-corrected chi connectivity index (χ4v) is 9.60. The molecule has 306 valence electrons. The molecule has 1 atom stereocenters. The van der Waals surface area contributed by atoms with Crippen molar-refractivity contribution < 1.29 is 28.4 Å². The van der Waals surface area contributed by atoms with Crippen LogP contribution in [0.4, 0.5) is 5.69 Å². The highest BCUT2D eigenvalue weighted by Gasteiger charge is 2.39. The number of nitrogens with one attached hydrogen (secondary N) is 2. The van der Waals surface area contributed by atoms with Gasteiger partial charge < -0.3 is 29.2 Å². The molecule has 1 aromatic heterocycles. The molecular formula is C44H52ClN6O6P. The second-order valence-electron chi connectivity index (χ2n) is 15.8. The van der Waals surface area contributed by atoms with Gasteiger partial charge in [0.15, 0.2) is 0 Å². The number of hydrogen-bond donors (Lipinski definition) is 2. The number of imide groups is 1. The first-order valence-electron chi connectivity index (χ1n) is 20.2. The number of benzene rings is 3. The summed E-state index contributed by atoms with van der Waals surface area (Å²) in [6.07, 6.45) is 8.37. The quantitative estimate of drug-likeness (QED) is 0.0769. The fraction of sp³-hybridized carbons (Fsp3) is 0.432. The predicted molar refractivity (Wildman–Crippen MR) is 226 cm³/mol. The zero-order valence-electron chi connectivity index (χ0n) is 33.5. The van der Waals surface area contributed by atoms with Crippen molar-refractivity contribution in [3.8, 4) is 11.5 Å². The molecule has 4 aromatic rings. The van der Waals surface area contributed by atoms with Crippen LogP contribution < -0.4 is 30.3 Å². The topological polar surface area (TPSA) is 143 Å². The van der Waals surface area contributed by atoms with Crippen LogP contribution in [0.1, 0.15) is 83.5 Å². The molecule has 0 radical (unpaired) electrons. The molecule has 4 heterocycles. The van der Waals surface area contributed by atoms with Crippen molar-refractivity contribution in [1.82, 2.24) is 25.5 Å². The van der Waals surface area contributed by atoms with Crippen molar-refractivity contribution in [2.45, 2.75) is 76.4 Å². The second-order valence-corrected chi connectivity index (χ2v) is 19.3. The average Bonchev–Trinajstić information content (AvgIpc) is 3.53. The first-order valence-corrected chi connectivity index (χ1v) is 23.1. The van der Waals surface area contributed by atoms with E-state index in [1.807, 2.05) is 36.4 Å². The molecule has 2 N–H and O–H groups in total. The fourth-order valence-electron chi connectivity index (χ4n) is 8.15. The zero-order valence-corrected chi connectivity index (χ0v) is 35.1. The summed E-state index contributed by atoms with van der Waals surface area (Å²) in [6.45, 7) is 7.38. The smallest absolute Gasteiger partial charge is 0.255 e. The number of carbonyl (C=O) groups excluding carboxylic acids is 3. The molecule has 0 saturated carbocycles. The lowest BCUT2D eigenvalue weighted by molar-refractivity contribution is -0.136. The van der Waals surface area contributed by atoms with E-state index >= 15 is 0 Å². The zero-order chi connectivity index (χ0) is 40.8. The number of unbranched alkanes of at least 4 members (excludes halogenated alkanes) is 2. The summed E-state index contributed by atoms with van der Waals surface area (Å²) in [5, 5.41) is 7.43. The van der Waals surface area contributed by atoms with E-state index < -0.39 is 19.1 Å². The lowest BCUT2D eigenvalue weighted by atomic mass is 10.0. The van der Waals surface area contributed by atoms with Crippen LogP contribution in [0.2, 0.25) is 5.02 Å². The number of aromatic nitrogens is 2. The van der Waals surface area contributed by atoms with Gasteiger partial charge >= 0.3 is 0 Å². The summed E-state index contributed by atoms with van der Waals surface area (Å²) < 4.78 is 24.8. The highest BCUT2D eigenvalue weighted by atomic mass is 35.5. The van der Waals surface area contributed by atoms with Gasteiger partial charge in [-0.3, -0.25) is 19.7 Å². The molecule has 3 aliphatic heterocycles. The minimum absolute atomic E-state index is 0.178. The third kappa shape index (κ3) is 9.91. The van der Waals surface area contributed by atoms with E-state index in [9.17, 15) is 18.9 Å². The SMILES string of the molecule is COc1cc(N2CCC(NCCCCCOc3ccc4c(c3)CN(C3CCC(=O)NC3=O)C4=O)CC2)ccc1Cc1ncc(Cl)c(Cc2ccccc2P(C)(C)=O)n1. The molecule has 12 nitrogen and oxygen atoms in total. The summed E-state index contributed by atoms with van der Waals surface area (Å²) in [6, 6.07) is 19.5. The van der Waals surface area contributed by atoms with Gasteiger partial charge in [-0.2, -0.15) is 0 Å². The normalized spacial score (nSPS) is 17.4. The number of hydrogen-bond acceptors (Lipinski definition) is 10. The highest BCUT2D eigenvalue weighted by molar-refractivity contribution is 7.70. The number of methoxy groups -OCH3 is 1. The van der Waals surface area contributed by atoms with Crippen LogP contribution in [0.15, 0.2) is 66.9 Å². The Morgan fingerprint density at radius 1 is 0.948 bits per heavy atom. The van der Waals surface area contributed by atoms with Crippen LogP contribution in [-0.4, -0.2) is 91.4 Å². The van der Waals surface area contributed by atoms with Gasteiger partial charge in [0, 0.05) is 79.3 Å². The molecule has 58 heavy (non-hydrogen) atoms. The molecule has 14 heteroatoms. The molecule has 2 fully saturated rings. The number of carbonyl (C=O) groups is 3. The minimum Gasteiger partial charge on any atom is -0.496 e. The van der Waals surface area contributed by atoms with E-state index in [2.05, 4.69) is 38.7 Å². The van der Waals surface area contributed by atoms with Gasteiger partial charge in [-0.15, -0.1) is 0 Å². The molecule has 1 unspecified atom stereocenters.